The Balaban J connectivity index is 1.69. The van der Waals surface area contributed by atoms with Gasteiger partial charge in [-0.3, -0.25) is 9.69 Å². The van der Waals surface area contributed by atoms with Crippen molar-refractivity contribution in [3.63, 3.8) is 0 Å². The molecule has 126 valence electrons. The lowest BCUT2D eigenvalue weighted by molar-refractivity contribution is 0.0618. The molecule has 24 heavy (non-hydrogen) atoms. The summed E-state index contributed by atoms with van der Waals surface area (Å²) in [5.74, 6) is -0.0843. The maximum Gasteiger partial charge on any atom is 0.410 e. The molecule has 2 aliphatic rings. The molecule has 0 radical (unpaired) electrons. The second kappa shape index (κ2) is 5.19. The fourth-order valence-electron chi connectivity index (χ4n) is 3.51. The quantitative estimate of drug-likeness (QED) is 0.777. The lowest BCUT2D eigenvalue weighted by atomic mass is 10.1. The van der Waals surface area contributed by atoms with Gasteiger partial charge in [0.05, 0.1) is 11.7 Å². The Kier molecular flexibility index (Phi) is 3.22. The lowest BCUT2D eigenvalue weighted by Gasteiger charge is -2.35. The van der Waals surface area contributed by atoms with Crippen LogP contribution in [0.15, 0.2) is 6.07 Å². The van der Waals surface area contributed by atoms with E-state index in [1.165, 1.54) is 0 Å². The predicted octanol–water partition coefficient (Wildman–Crippen LogP) is 0.931. The minimum absolute atomic E-state index is 0.0613. The molecule has 8 heteroatoms. The highest BCUT2D eigenvalue weighted by Gasteiger charge is 2.39. The minimum Gasteiger partial charge on any atom is -0.447 e. The molecule has 8 nitrogen and oxygen atoms in total. The van der Waals surface area contributed by atoms with E-state index in [-0.39, 0.29) is 18.0 Å². The molecule has 2 aromatic rings. The van der Waals surface area contributed by atoms with Crippen molar-refractivity contribution < 1.29 is 14.3 Å². The molecule has 0 aliphatic carbocycles. The number of aryl methyl sites for hydroxylation is 3. The summed E-state index contributed by atoms with van der Waals surface area (Å²) < 4.78 is 6.78. The van der Waals surface area contributed by atoms with Gasteiger partial charge in [-0.25, -0.2) is 14.3 Å². The molecular formula is C16H19N5O3. The third-order valence-corrected chi connectivity index (χ3v) is 4.69. The van der Waals surface area contributed by atoms with Crippen molar-refractivity contribution in [3.8, 4) is 0 Å². The van der Waals surface area contributed by atoms with Gasteiger partial charge in [-0.1, -0.05) is 0 Å². The zero-order chi connectivity index (χ0) is 17.0. The monoisotopic (exact) mass is 329 g/mol. The SMILES string of the molecule is Cc1cc(C)n2nc(C)c(C(=O)N3CCN4C(=O)OCC4C3)c2n1. The van der Waals surface area contributed by atoms with Crippen LogP contribution < -0.4 is 0 Å². The van der Waals surface area contributed by atoms with Crippen LogP contribution in [0.1, 0.15) is 27.4 Å². The van der Waals surface area contributed by atoms with Crippen molar-refractivity contribution in [2.45, 2.75) is 26.8 Å². The molecule has 1 unspecified atom stereocenters. The van der Waals surface area contributed by atoms with Gasteiger partial charge in [0.25, 0.3) is 5.91 Å². The topological polar surface area (TPSA) is 80.0 Å². The number of nitrogens with zero attached hydrogens (tertiary/aromatic N) is 5. The van der Waals surface area contributed by atoms with Crippen LogP contribution in [0, 0.1) is 20.8 Å². The van der Waals surface area contributed by atoms with Crippen LogP contribution in [0.25, 0.3) is 5.65 Å². The number of piperazine rings is 1. The van der Waals surface area contributed by atoms with Crippen LogP contribution in [0.3, 0.4) is 0 Å². The van der Waals surface area contributed by atoms with Crippen LogP contribution in [-0.4, -0.2) is 68.7 Å². The number of ether oxygens (including phenoxy) is 1. The Hall–Kier alpha value is -2.64. The summed E-state index contributed by atoms with van der Waals surface area (Å²) in [7, 11) is 0. The van der Waals surface area contributed by atoms with E-state index >= 15 is 0 Å². The number of hydrogen-bond donors (Lipinski definition) is 0. The summed E-state index contributed by atoms with van der Waals surface area (Å²) >= 11 is 0. The summed E-state index contributed by atoms with van der Waals surface area (Å²) in [4.78, 5) is 32.7. The fraction of sp³-hybridized carbons (Fsp3) is 0.500. The number of aromatic nitrogens is 3. The average Bonchev–Trinajstić information content (AvgIpc) is 3.07. The maximum atomic E-state index is 13.1. The van der Waals surface area contributed by atoms with Gasteiger partial charge in [-0.2, -0.15) is 5.10 Å². The van der Waals surface area contributed by atoms with E-state index in [1.54, 1.807) is 14.3 Å². The Bertz CT molecular complexity index is 859. The molecule has 4 rings (SSSR count). The van der Waals surface area contributed by atoms with Gasteiger partial charge < -0.3 is 9.64 Å². The molecule has 2 aliphatic heterocycles. The van der Waals surface area contributed by atoms with Crippen LogP contribution in [0.5, 0.6) is 0 Å². The molecule has 0 saturated carbocycles. The summed E-state index contributed by atoms with van der Waals surface area (Å²) in [6.07, 6.45) is -0.285. The molecule has 4 heterocycles. The third-order valence-electron chi connectivity index (χ3n) is 4.69. The van der Waals surface area contributed by atoms with E-state index in [9.17, 15) is 9.59 Å². The average molecular weight is 329 g/mol. The molecule has 2 amide bonds. The summed E-state index contributed by atoms with van der Waals surface area (Å²) in [6.45, 7) is 7.49. The predicted molar refractivity (Wildman–Crippen MR) is 84.9 cm³/mol. The highest BCUT2D eigenvalue weighted by molar-refractivity contribution is 6.01. The van der Waals surface area contributed by atoms with E-state index < -0.39 is 0 Å². The molecular weight excluding hydrogens is 310 g/mol. The smallest absolute Gasteiger partial charge is 0.410 e. The van der Waals surface area contributed by atoms with Crippen LogP contribution >= 0.6 is 0 Å². The summed E-state index contributed by atoms with van der Waals surface area (Å²) in [5, 5.41) is 4.47. The van der Waals surface area contributed by atoms with Gasteiger partial charge in [-0.15, -0.1) is 0 Å². The number of hydrogen-bond acceptors (Lipinski definition) is 5. The van der Waals surface area contributed by atoms with Gasteiger partial charge in [0.15, 0.2) is 5.65 Å². The maximum absolute atomic E-state index is 13.1. The van der Waals surface area contributed by atoms with E-state index in [4.69, 9.17) is 4.74 Å². The van der Waals surface area contributed by atoms with Gasteiger partial charge >= 0.3 is 6.09 Å². The summed E-state index contributed by atoms with van der Waals surface area (Å²) in [5.41, 5.74) is 3.60. The number of rotatable bonds is 1. The highest BCUT2D eigenvalue weighted by Crippen LogP contribution is 2.22. The fourth-order valence-corrected chi connectivity index (χ4v) is 3.51. The number of cyclic esters (lactones) is 1. The number of carbonyl (C=O) groups excluding carboxylic acids is 2. The molecule has 0 aromatic carbocycles. The second-order valence-electron chi connectivity index (χ2n) is 6.41. The van der Waals surface area contributed by atoms with Gasteiger partial charge in [0.2, 0.25) is 0 Å². The molecule has 0 N–H and O–H groups in total. The number of amides is 2. The first-order valence-corrected chi connectivity index (χ1v) is 8.02. The minimum atomic E-state index is -0.285. The Morgan fingerprint density at radius 2 is 2.08 bits per heavy atom. The molecule has 1 atom stereocenters. The standard InChI is InChI=1S/C16H19N5O3/c1-9-6-10(2)21-14(17-9)13(11(3)18-21)15(22)19-4-5-20-12(7-19)8-24-16(20)23/h6,12H,4-5,7-8H2,1-3H3. The first-order valence-electron chi connectivity index (χ1n) is 8.02. The number of carbonyl (C=O) groups is 2. The van der Waals surface area contributed by atoms with Gasteiger partial charge in [-0.05, 0) is 26.8 Å². The molecule has 0 spiro atoms. The summed E-state index contributed by atoms with van der Waals surface area (Å²) in [6, 6.07) is 1.88. The van der Waals surface area contributed by atoms with Crippen LogP contribution in [0.2, 0.25) is 0 Å². The van der Waals surface area contributed by atoms with Gasteiger partial charge in [0, 0.05) is 31.0 Å². The molecule has 2 fully saturated rings. The Labute approximate surface area is 139 Å². The Morgan fingerprint density at radius 3 is 2.88 bits per heavy atom. The Morgan fingerprint density at radius 1 is 1.29 bits per heavy atom. The van der Waals surface area contributed by atoms with Crippen molar-refractivity contribution >= 4 is 17.6 Å². The first kappa shape index (κ1) is 14.9. The first-order chi connectivity index (χ1) is 11.5. The highest BCUT2D eigenvalue weighted by atomic mass is 16.6. The lowest BCUT2D eigenvalue weighted by Crippen LogP contribution is -2.53. The molecule has 0 bridgehead atoms. The zero-order valence-corrected chi connectivity index (χ0v) is 13.9. The molecule has 2 saturated heterocycles. The molecule has 2 aromatic heterocycles. The number of fused-ring (bicyclic) bond motifs is 2. The largest absolute Gasteiger partial charge is 0.447 e. The van der Waals surface area contributed by atoms with Crippen molar-refractivity contribution in [2.24, 2.45) is 0 Å². The second-order valence-corrected chi connectivity index (χ2v) is 6.41. The van der Waals surface area contributed by atoms with E-state index in [2.05, 4.69) is 10.1 Å². The normalized spacial score (nSPS) is 20.5. The van der Waals surface area contributed by atoms with Crippen molar-refractivity contribution in [3.05, 3.63) is 28.7 Å². The zero-order valence-electron chi connectivity index (χ0n) is 13.9. The van der Waals surface area contributed by atoms with Crippen molar-refractivity contribution in [1.82, 2.24) is 24.4 Å². The van der Waals surface area contributed by atoms with E-state index in [0.29, 0.717) is 43.1 Å². The van der Waals surface area contributed by atoms with Crippen LogP contribution in [0.4, 0.5) is 4.79 Å². The van der Waals surface area contributed by atoms with Crippen molar-refractivity contribution in [2.75, 3.05) is 26.2 Å². The van der Waals surface area contributed by atoms with E-state index in [1.807, 2.05) is 26.8 Å². The van der Waals surface area contributed by atoms with Crippen LogP contribution in [-0.2, 0) is 4.74 Å². The van der Waals surface area contributed by atoms with E-state index in [0.717, 1.165) is 11.4 Å². The third kappa shape index (κ3) is 2.13. The van der Waals surface area contributed by atoms with Gasteiger partial charge in [0.1, 0.15) is 12.2 Å². The van der Waals surface area contributed by atoms with Crippen molar-refractivity contribution in [1.29, 1.82) is 0 Å².